The van der Waals surface area contributed by atoms with Crippen molar-refractivity contribution in [2.24, 2.45) is 0 Å². The standard InChI is InChI=1S/C71H122N2O24S/c1-2-3-4-5-6-7-8-9-10-13-32-97-71(69-14-11-12-15-70(69)98(78,79)80,65-16-20-67(21-17-65)72(24-33-81-41-49-89-57-61-93-53-45-85-37-28-74)25-34-82-42-50-90-58-62-94-54-46-86-38-29-75)66-18-22-68(23-19-66)73(26-35-83-43-51-91-59-63-95-55-47-87-39-30-76)27-36-84-44-52-92-60-64-96-56-48-88-40-31-77/h11-12,14-23,74-77H,2-10,13,24-64H2,1H3,(H,78,79,80)/p-1. The van der Waals surface area contributed by atoms with Crippen LogP contribution in [-0.2, 0) is 96.2 Å². The Labute approximate surface area is 584 Å². The van der Waals surface area contributed by atoms with E-state index >= 15 is 0 Å². The quantitative estimate of drug-likeness (QED) is 0.0301. The van der Waals surface area contributed by atoms with Gasteiger partial charge in [-0.2, -0.15) is 0 Å². The van der Waals surface area contributed by atoms with Gasteiger partial charge in [0.1, 0.15) is 15.7 Å². The molecular formula is C71H121N2O24S-. The van der Waals surface area contributed by atoms with Crippen LogP contribution < -0.4 is 9.80 Å². The number of hydrogen-bond acceptors (Lipinski definition) is 26. The van der Waals surface area contributed by atoms with Crippen LogP contribution in [0.4, 0.5) is 11.4 Å². The first-order valence-electron chi connectivity index (χ1n) is 35.3. The van der Waals surface area contributed by atoms with Gasteiger partial charge in [-0.25, -0.2) is 8.42 Å². The van der Waals surface area contributed by atoms with Crippen molar-refractivity contribution < 1.29 is 114 Å². The van der Waals surface area contributed by atoms with Gasteiger partial charge in [0.15, 0.2) is 0 Å². The Morgan fingerprint density at radius 3 is 0.827 bits per heavy atom. The van der Waals surface area contributed by atoms with Crippen LogP contribution in [0.2, 0.25) is 0 Å². The lowest BCUT2D eigenvalue weighted by Crippen LogP contribution is -2.36. The number of nitrogens with zero attached hydrogens (tertiary/aromatic N) is 2. The molecule has 0 amide bonds. The largest absolute Gasteiger partial charge is 0.744 e. The molecule has 0 heterocycles. The maximum atomic E-state index is 13.5. The highest BCUT2D eigenvalue weighted by Crippen LogP contribution is 2.44. The SMILES string of the molecule is CCCCCCCCCCCCOC(c1ccc(N(CCOCCOCCOCCOCCO)CCOCCOCCOCCOCCO)cc1)(c1ccc(N(CCOCCOCCOCCOCCO)CCOCCOCCOCCOCCO)cc1)c1ccccc1S(=O)(=O)[O-]. The van der Waals surface area contributed by atoms with Gasteiger partial charge in [-0.3, -0.25) is 0 Å². The highest BCUT2D eigenvalue weighted by molar-refractivity contribution is 7.85. The molecule has 0 saturated heterocycles. The van der Waals surface area contributed by atoms with Gasteiger partial charge in [0, 0.05) is 49.7 Å². The molecule has 0 aliphatic rings. The summed E-state index contributed by atoms with van der Waals surface area (Å²) >= 11 is 0. The lowest BCUT2D eigenvalue weighted by atomic mass is 9.79. The zero-order valence-electron chi connectivity index (χ0n) is 58.7. The van der Waals surface area contributed by atoms with Gasteiger partial charge in [0.25, 0.3) is 0 Å². The number of anilines is 2. The van der Waals surface area contributed by atoms with E-state index in [0.29, 0.717) is 229 Å². The normalized spacial score (nSPS) is 12.0. The van der Waals surface area contributed by atoms with Crippen molar-refractivity contribution in [2.75, 3.05) is 280 Å². The number of hydrogen-bond donors (Lipinski definition) is 4. The topological polar surface area (TPSA) is 302 Å². The fraction of sp³-hybridized carbons (Fsp3) is 0.746. The van der Waals surface area contributed by atoms with E-state index in [4.69, 9.17) is 101 Å². The number of aliphatic hydroxyl groups is 4. The molecule has 0 aromatic heterocycles. The van der Waals surface area contributed by atoms with Crippen molar-refractivity contribution in [3.63, 3.8) is 0 Å². The van der Waals surface area contributed by atoms with Crippen molar-refractivity contribution in [1.29, 1.82) is 0 Å². The molecule has 0 atom stereocenters. The molecule has 3 rings (SSSR count). The van der Waals surface area contributed by atoms with Crippen molar-refractivity contribution in [1.82, 2.24) is 0 Å². The Balaban J connectivity index is 1.96. The minimum absolute atomic E-state index is 0.0363. The molecule has 0 saturated carbocycles. The minimum atomic E-state index is -5.05. The first-order valence-corrected chi connectivity index (χ1v) is 36.7. The Morgan fingerprint density at radius 1 is 0.316 bits per heavy atom. The van der Waals surface area contributed by atoms with Crippen LogP contribution in [0.3, 0.4) is 0 Å². The smallest absolute Gasteiger partial charge is 0.144 e. The Kier molecular flexibility index (Phi) is 57.0. The lowest BCUT2D eigenvalue weighted by Gasteiger charge is -2.38. The third-order valence-electron chi connectivity index (χ3n) is 15.1. The van der Waals surface area contributed by atoms with E-state index < -0.39 is 15.7 Å². The molecule has 0 aliphatic carbocycles. The molecule has 27 heteroatoms. The predicted molar refractivity (Wildman–Crippen MR) is 371 cm³/mol. The number of unbranched alkanes of at least 4 members (excludes halogenated alkanes) is 9. The maximum absolute atomic E-state index is 13.5. The summed E-state index contributed by atoms with van der Waals surface area (Å²) in [6, 6.07) is 22.0. The van der Waals surface area contributed by atoms with E-state index in [0.717, 1.165) is 30.6 Å². The molecule has 0 unspecified atom stereocenters. The zero-order chi connectivity index (χ0) is 70.2. The monoisotopic (exact) mass is 1420 g/mol. The first kappa shape index (κ1) is 88.5. The fourth-order valence-corrected chi connectivity index (χ4v) is 10.8. The molecule has 566 valence electrons. The lowest BCUT2D eigenvalue weighted by molar-refractivity contribution is -0.00592. The van der Waals surface area contributed by atoms with E-state index in [1.165, 1.54) is 44.6 Å². The van der Waals surface area contributed by atoms with Crippen LogP contribution >= 0.6 is 0 Å². The van der Waals surface area contributed by atoms with E-state index in [2.05, 4.69) is 16.7 Å². The number of rotatable bonds is 74. The summed E-state index contributed by atoms with van der Waals surface area (Å²) in [4.78, 5) is 3.92. The van der Waals surface area contributed by atoms with Gasteiger partial charge in [-0.15, -0.1) is 0 Å². The second-order valence-electron chi connectivity index (χ2n) is 22.4. The molecule has 0 bridgehead atoms. The fourth-order valence-electron chi connectivity index (χ4n) is 10.1. The van der Waals surface area contributed by atoms with Gasteiger partial charge < -0.3 is 115 Å². The van der Waals surface area contributed by atoms with E-state index in [-0.39, 0.29) is 69.9 Å². The summed E-state index contributed by atoms with van der Waals surface area (Å²) in [5, 5.41) is 35.6. The number of ether oxygens (including phenoxy) is 17. The molecule has 0 aliphatic heterocycles. The van der Waals surface area contributed by atoms with Gasteiger partial charge in [-0.05, 0) is 47.9 Å². The van der Waals surface area contributed by atoms with Crippen LogP contribution in [0.25, 0.3) is 0 Å². The Morgan fingerprint density at radius 2 is 0.561 bits per heavy atom. The molecular weight excluding hydrogens is 1300 g/mol. The minimum Gasteiger partial charge on any atom is -0.744 e. The summed E-state index contributed by atoms with van der Waals surface area (Å²) in [5.41, 5.74) is 1.51. The van der Waals surface area contributed by atoms with Gasteiger partial charge in [0.05, 0.1) is 243 Å². The molecule has 0 fully saturated rings. The molecule has 26 nitrogen and oxygen atoms in total. The van der Waals surface area contributed by atoms with Crippen molar-refractivity contribution >= 4 is 21.5 Å². The number of benzene rings is 3. The molecule has 4 N–H and O–H groups in total. The van der Waals surface area contributed by atoms with Crippen molar-refractivity contribution in [3.8, 4) is 0 Å². The van der Waals surface area contributed by atoms with Crippen LogP contribution in [0.15, 0.2) is 77.7 Å². The van der Waals surface area contributed by atoms with Gasteiger partial charge in [-0.1, -0.05) is 107 Å². The van der Waals surface area contributed by atoms with Crippen molar-refractivity contribution in [3.05, 3.63) is 89.5 Å². The second-order valence-corrected chi connectivity index (χ2v) is 23.8. The van der Waals surface area contributed by atoms with Crippen LogP contribution in [0.1, 0.15) is 87.8 Å². The van der Waals surface area contributed by atoms with Crippen LogP contribution in [-0.4, -0.2) is 304 Å². The first-order chi connectivity index (χ1) is 48.3. The zero-order valence-corrected chi connectivity index (χ0v) is 59.6. The summed E-state index contributed by atoms with van der Waals surface area (Å²) in [6.45, 7) is 16.1. The highest BCUT2D eigenvalue weighted by atomic mass is 32.2. The molecule has 3 aromatic rings. The molecule has 0 radical (unpaired) electrons. The van der Waals surface area contributed by atoms with E-state index in [1.807, 2.05) is 48.5 Å². The van der Waals surface area contributed by atoms with Gasteiger partial charge in [0.2, 0.25) is 0 Å². The highest BCUT2D eigenvalue weighted by Gasteiger charge is 2.41. The van der Waals surface area contributed by atoms with Crippen molar-refractivity contribution in [2.45, 2.75) is 81.6 Å². The number of aliphatic hydroxyl groups excluding tert-OH is 4. The summed E-state index contributed by atoms with van der Waals surface area (Å²) in [7, 11) is -5.05. The molecule has 3 aromatic carbocycles. The second kappa shape index (κ2) is 63.1. The summed E-state index contributed by atoms with van der Waals surface area (Å²) in [6.07, 6.45) is 11.1. The predicted octanol–water partition coefficient (Wildman–Crippen LogP) is 5.67. The maximum Gasteiger partial charge on any atom is 0.144 e. The summed E-state index contributed by atoms with van der Waals surface area (Å²) in [5.74, 6) is 0. The molecule has 98 heavy (non-hydrogen) atoms. The van der Waals surface area contributed by atoms with Gasteiger partial charge >= 0.3 is 0 Å². The average Bonchev–Trinajstić information content (AvgIpc) is 0.739. The average molecular weight is 1420 g/mol. The summed E-state index contributed by atoms with van der Waals surface area (Å²) < 4.78 is 138. The van der Waals surface area contributed by atoms with E-state index in [9.17, 15) is 13.0 Å². The third-order valence-corrected chi connectivity index (χ3v) is 16.0. The van der Waals surface area contributed by atoms with E-state index in [1.54, 1.807) is 18.2 Å². The Bertz CT molecular complexity index is 2170. The van der Waals surface area contributed by atoms with Crippen LogP contribution in [0.5, 0.6) is 0 Å². The Hall–Kier alpha value is -3.67. The van der Waals surface area contributed by atoms with Crippen LogP contribution in [0, 0.1) is 0 Å². The molecule has 0 spiro atoms. The third kappa shape index (κ3) is 43.3.